The minimum absolute atomic E-state index is 0.0181. The van der Waals surface area contributed by atoms with E-state index in [-0.39, 0.29) is 5.91 Å². The fraction of sp³-hybridized carbons (Fsp3) is 0.600. The third-order valence-corrected chi connectivity index (χ3v) is 7.23. The molecule has 0 aromatic heterocycles. The number of ether oxygens (including phenoxy) is 2. The minimum atomic E-state index is -0.450. The van der Waals surface area contributed by atoms with E-state index in [1.165, 1.54) is 32.1 Å². The van der Waals surface area contributed by atoms with Gasteiger partial charge in [0, 0.05) is 45.0 Å². The van der Waals surface area contributed by atoms with E-state index in [0.717, 1.165) is 43.6 Å². The molecule has 2 heterocycles. The Kier molecular flexibility index (Phi) is 7.04. The molecule has 2 aliphatic heterocycles. The van der Waals surface area contributed by atoms with Gasteiger partial charge in [0.05, 0.1) is 19.8 Å². The first kappa shape index (κ1) is 22.6. The SMILES string of the molecule is CCN1C=C(C(=O)N2CCN(C3CCCCC3)CC2)c2cc(OC)c(OC)cc2C1C=O. The van der Waals surface area contributed by atoms with Crippen LogP contribution in [0.1, 0.15) is 56.2 Å². The molecule has 174 valence electrons. The normalized spacial score (nSPS) is 22.2. The molecule has 1 amide bonds. The minimum Gasteiger partial charge on any atom is -0.493 e. The standard InChI is InChI=1S/C25H35N3O4/c1-4-26-16-21(19-14-23(31-2)24(32-3)15-20(19)22(26)17-29)25(30)28-12-10-27(11-13-28)18-8-6-5-7-9-18/h14-18,22H,4-13H2,1-3H3. The molecule has 1 atom stereocenters. The number of rotatable bonds is 6. The number of fused-ring (bicyclic) bond motifs is 1. The van der Waals surface area contributed by atoms with Crippen molar-refractivity contribution in [3.63, 3.8) is 0 Å². The summed E-state index contributed by atoms with van der Waals surface area (Å²) in [4.78, 5) is 32.1. The molecule has 1 saturated carbocycles. The van der Waals surface area contributed by atoms with Gasteiger partial charge >= 0.3 is 0 Å². The van der Waals surface area contributed by atoms with E-state index in [2.05, 4.69) is 4.90 Å². The van der Waals surface area contributed by atoms with Crippen molar-refractivity contribution in [2.45, 2.75) is 51.1 Å². The molecule has 0 radical (unpaired) electrons. The van der Waals surface area contributed by atoms with Crippen LogP contribution in [0.2, 0.25) is 0 Å². The van der Waals surface area contributed by atoms with Crippen molar-refractivity contribution < 1.29 is 19.1 Å². The second-order valence-corrected chi connectivity index (χ2v) is 8.87. The number of methoxy groups -OCH3 is 2. The zero-order valence-corrected chi connectivity index (χ0v) is 19.5. The molecule has 0 N–H and O–H groups in total. The number of hydrogen-bond donors (Lipinski definition) is 0. The molecule has 3 aliphatic rings. The molecular formula is C25H35N3O4. The Morgan fingerprint density at radius 2 is 1.69 bits per heavy atom. The average Bonchev–Trinajstić information content (AvgIpc) is 2.86. The predicted octanol–water partition coefficient (Wildman–Crippen LogP) is 3.10. The molecule has 0 spiro atoms. The van der Waals surface area contributed by atoms with Crippen LogP contribution in [-0.4, -0.2) is 79.9 Å². The van der Waals surface area contributed by atoms with Gasteiger partial charge in [-0.2, -0.15) is 0 Å². The third kappa shape index (κ3) is 4.22. The maximum atomic E-state index is 13.7. The van der Waals surface area contributed by atoms with Gasteiger partial charge in [-0.3, -0.25) is 9.69 Å². The molecule has 1 aromatic rings. The predicted molar refractivity (Wildman–Crippen MR) is 124 cm³/mol. The lowest BCUT2D eigenvalue weighted by molar-refractivity contribution is -0.127. The summed E-state index contributed by atoms with van der Waals surface area (Å²) in [7, 11) is 3.16. The Hall–Kier alpha value is -2.54. The van der Waals surface area contributed by atoms with Gasteiger partial charge in [-0.25, -0.2) is 0 Å². The number of likely N-dealkylation sites (N-methyl/N-ethyl adjacent to an activating group) is 1. The first-order valence-electron chi connectivity index (χ1n) is 11.8. The fourth-order valence-electron chi connectivity index (χ4n) is 5.38. The number of amides is 1. The molecule has 1 unspecified atom stereocenters. The molecule has 2 fully saturated rings. The van der Waals surface area contributed by atoms with Gasteiger partial charge in [-0.15, -0.1) is 0 Å². The number of benzene rings is 1. The second kappa shape index (κ2) is 9.94. The van der Waals surface area contributed by atoms with Gasteiger partial charge in [0.2, 0.25) is 0 Å². The largest absolute Gasteiger partial charge is 0.493 e. The quantitative estimate of drug-likeness (QED) is 0.633. The van der Waals surface area contributed by atoms with Crippen LogP contribution in [0.4, 0.5) is 0 Å². The zero-order chi connectivity index (χ0) is 22.7. The fourth-order valence-corrected chi connectivity index (χ4v) is 5.38. The highest BCUT2D eigenvalue weighted by molar-refractivity contribution is 6.20. The van der Waals surface area contributed by atoms with Crippen molar-refractivity contribution in [2.24, 2.45) is 0 Å². The third-order valence-electron chi connectivity index (χ3n) is 7.23. The Morgan fingerprint density at radius 3 is 2.28 bits per heavy atom. The summed E-state index contributed by atoms with van der Waals surface area (Å²) in [5.74, 6) is 1.13. The van der Waals surface area contributed by atoms with E-state index in [4.69, 9.17) is 9.47 Å². The van der Waals surface area contributed by atoms with E-state index < -0.39 is 6.04 Å². The molecule has 7 heteroatoms. The van der Waals surface area contributed by atoms with E-state index >= 15 is 0 Å². The smallest absolute Gasteiger partial charge is 0.256 e. The lowest BCUT2D eigenvalue weighted by Crippen LogP contribution is -2.52. The highest BCUT2D eigenvalue weighted by Crippen LogP contribution is 2.41. The lowest BCUT2D eigenvalue weighted by atomic mass is 9.89. The maximum absolute atomic E-state index is 13.7. The highest BCUT2D eigenvalue weighted by atomic mass is 16.5. The van der Waals surface area contributed by atoms with Crippen molar-refractivity contribution in [2.75, 3.05) is 46.9 Å². The Balaban J connectivity index is 1.59. The van der Waals surface area contributed by atoms with Crippen LogP contribution in [-0.2, 0) is 9.59 Å². The number of aldehydes is 1. The molecule has 1 aliphatic carbocycles. The van der Waals surface area contributed by atoms with Crippen LogP contribution in [0, 0.1) is 0 Å². The summed E-state index contributed by atoms with van der Waals surface area (Å²) >= 11 is 0. The van der Waals surface area contributed by atoms with E-state index in [1.54, 1.807) is 14.2 Å². The Bertz CT molecular complexity index is 870. The zero-order valence-electron chi connectivity index (χ0n) is 19.5. The van der Waals surface area contributed by atoms with E-state index in [9.17, 15) is 9.59 Å². The topological polar surface area (TPSA) is 62.3 Å². The monoisotopic (exact) mass is 441 g/mol. The summed E-state index contributed by atoms with van der Waals surface area (Å²) in [6.07, 6.45) is 9.34. The van der Waals surface area contributed by atoms with Gasteiger partial charge in [-0.1, -0.05) is 19.3 Å². The Labute approximate surface area is 190 Å². The van der Waals surface area contributed by atoms with Gasteiger partial charge in [0.15, 0.2) is 11.5 Å². The van der Waals surface area contributed by atoms with E-state index in [1.807, 2.05) is 35.1 Å². The van der Waals surface area contributed by atoms with Crippen LogP contribution in [0.5, 0.6) is 11.5 Å². The summed E-state index contributed by atoms with van der Waals surface area (Å²) in [5.41, 5.74) is 2.15. The molecule has 32 heavy (non-hydrogen) atoms. The number of carbonyl (C=O) groups excluding carboxylic acids is 2. The first-order chi connectivity index (χ1) is 15.6. The first-order valence-corrected chi connectivity index (χ1v) is 11.8. The molecule has 1 aromatic carbocycles. The van der Waals surface area contributed by atoms with Crippen molar-refractivity contribution >= 4 is 17.8 Å². The molecular weight excluding hydrogens is 406 g/mol. The van der Waals surface area contributed by atoms with Crippen molar-refractivity contribution in [1.82, 2.24) is 14.7 Å². The summed E-state index contributed by atoms with van der Waals surface area (Å²) in [6.45, 7) is 5.94. The van der Waals surface area contributed by atoms with Crippen LogP contribution in [0.15, 0.2) is 18.3 Å². The molecule has 7 nitrogen and oxygen atoms in total. The van der Waals surface area contributed by atoms with Crippen molar-refractivity contribution in [3.8, 4) is 11.5 Å². The van der Waals surface area contributed by atoms with Crippen LogP contribution >= 0.6 is 0 Å². The lowest BCUT2D eigenvalue weighted by Gasteiger charge is -2.41. The maximum Gasteiger partial charge on any atom is 0.256 e. The van der Waals surface area contributed by atoms with Crippen LogP contribution in [0.3, 0.4) is 0 Å². The van der Waals surface area contributed by atoms with Crippen LogP contribution in [0.25, 0.3) is 5.57 Å². The number of hydrogen-bond acceptors (Lipinski definition) is 6. The summed E-state index contributed by atoms with van der Waals surface area (Å²) in [5, 5.41) is 0. The molecule has 0 bridgehead atoms. The summed E-state index contributed by atoms with van der Waals surface area (Å²) < 4.78 is 11.0. The van der Waals surface area contributed by atoms with Crippen LogP contribution < -0.4 is 9.47 Å². The number of piperazine rings is 1. The average molecular weight is 442 g/mol. The van der Waals surface area contributed by atoms with Crippen molar-refractivity contribution in [3.05, 3.63) is 29.5 Å². The molecule has 4 rings (SSSR count). The van der Waals surface area contributed by atoms with Gasteiger partial charge < -0.3 is 24.1 Å². The molecule has 1 saturated heterocycles. The van der Waals surface area contributed by atoms with Gasteiger partial charge in [-0.05, 0) is 43.0 Å². The van der Waals surface area contributed by atoms with Gasteiger partial charge in [0.25, 0.3) is 5.91 Å². The number of carbonyl (C=O) groups is 2. The second-order valence-electron chi connectivity index (χ2n) is 8.87. The van der Waals surface area contributed by atoms with E-state index in [0.29, 0.717) is 29.7 Å². The highest BCUT2D eigenvalue weighted by Gasteiger charge is 2.34. The van der Waals surface area contributed by atoms with Gasteiger partial charge in [0.1, 0.15) is 12.3 Å². The Morgan fingerprint density at radius 1 is 1.03 bits per heavy atom. The number of nitrogens with zero attached hydrogens (tertiary/aromatic N) is 3. The van der Waals surface area contributed by atoms with Crippen molar-refractivity contribution in [1.29, 1.82) is 0 Å². The summed E-state index contributed by atoms with van der Waals surface area (Å²) in [6, 6.07) is 3.89.